The van der Waals surface area contributed by atoms with Gasteiger partial charge in [0.15, 0.2) is 11.6 Å². The van der Waals surface area contributed by atoms with Crippen molar-refractivity contribution in [3.8, 4) is 0 Å². The van der Waals surface area contributed by atoms with Crippen LogP contribution >= 0.6 is 0 Å². The second-order valence-electron chi connectivity index (χ2n) is 4.17. The van der Waals surface area contributed by atoms with Crippen molar-refractivity contribution in [2.75, 3.05) is 10.6 Å². The molecule has 0 spiro atoms. The van der Waals surface area contributed by atoms with E-state index >= 15 is 0 Å². The van der Waals surface area contributed by atoms with Gasteiger partial charge in [-0.3, -0.25) is 4.79 Å². The minimum absolute atomic E-state index is 0.219. The summed E-state index contributed by atoms with van der Waals surface area (Å²) in [6, 6.07) is 10.3. The van der Waals surface area contributed by atoms with Gasteiger partial charge in [-0.05, 0) is 36.4 Å². The van der Waals surface area contributed by atoms with Crippen LogP contribution in [0.4, 0.5) is 11.6 Å². The van der Waals surface area contributed by atoms with Crippen molar-refractivity contribution >= 4 is 17.5 Å². The zero-order valence-electron chi connectivity index (χ0n) is 10.9. The van der Waals surface area contributed by atoms with Crippen LogP contribution in [0.3, 0.4) is 0 Å². The highest BCUT2D eigenvalue weighted by molar-refractivity contribution is 6.01. The van der Waals surface area contributed by atoms with Gasteiger partial charge in [-0.15, -0.1) is 10.2 Å². The summed E-state index contributed by atoms with van der Waals surface area (Å²) in [5.74, 6) is 1.58. The van der Waals surface area contributed by atoms with Crippen molar-refractivity contribution in [2.45, 2.75) is 6.54 Å². The molecule has 0 saturated carbocycles. The molecule has 3 rings (SSSR count). The maximum absolute atomic E-state index is 11.7. The zero-order chi connectivity index (χ0) is 14.5. The van der Waals surface area contributed by atoms with Crippen molar-refractivity contribution in [1.82, 2.24) is 10.2 Å². The average Bonchev–Trinajstić information content (AvgIpc) is 3.20. The number of carbonyl (C=O) groups excluding carboxylic acids is 1. The molecule has 0 aliphatic carbocycles. The molecule has 0 aliphatic heterocycles. The van der Waals surface area contributed by atoms with Crippen LogP contribution in [-0.2, 0) is 6.54 Å². The standard InChI is InChI=1S/C14H12N4O3/c19-14(11-4-2-8-21-11)16-13-6-5-12(17-18-13)15-9-10-3-1-7-20-10/h1-8H,9H2,(H,15,17)(H,16,18,19). The Morgan fingerprint density at radius 1 is 1.00 bits per heavy atom. The lowest BCUT2D eigenvalue weighted by molar-refractivity contribution is 0.0996. The molecule has 0 radical (unpaired) electrons. The molecule has 0 unspecified atom stereocenters. The van der Waals surface area contributed by atoms with E-state index in [0.717, 1.165) is 5.76 Å². The van der Waals surface area contributed by atoms with Crippen molar-refractivity contribution in [2.24, 2.45) is 0 Å². The molecule has 7 nitrogen and oxygen atoms in total. The molecule has 0 aliphatic rings. The Morgan fingerprint density at radius 2 is 1.76 bits per heavy atom. The number of furan rings is 2. The fourth-order valence-corrected chi connectivity index (χ4v) is 1.67. The fraction of sp³-hybridized carbons (Fsp3) is 0.0714. The van der Waals surface area contributed by atoms with Crippen molar-refractivity contribution in [3.05, 3.63) is 60.4 Å². The summed E-state index contributed by atoms with van der Waals surface area (Å²) < 4.78 is 10.2. The van der Waals surface area contributed by atoms with Gasteiger partial charge in [-0.2, -0.15) is 0 Å². The number of nitrogens with zero attached hydrogens (tertiary/aromatic N) is 2. The first-order valence-electron chi connectivity index (χ1n) is 6.26. The highest BCUT2D eigenvalue weighted by atomic mass is 16.3. The van der Waals surface area contributed by atoms with E-state index in [1.165, 1.54) is 6.26 Å². The van der Waals surface area contributed by atoms with E-state index in [2.05, 4.69) is 20.8 Å². The fourth-order valence-electron chi connectivity index (χ4n) is 1.67. The van der Waals surface area contributed by atoms with Crippen LogP contribution in [0.5, 0.6) is 0 Å². The van der Waals surface area contributed by atoms with Gasteiger partial charge >= 0.3 is 0 Å². The van der Waals surface area contributed by atoms with Crippen LogP contribution in [0.1, 0.15) is 16.3 Å². The number of nitrogens with one attached hydrogen (secondary N) is 2. The molecule has 0 fully saturated rings. The molecule has 0 bridgehead atoms. The SMILES string of the molecule is O=C(Nc1ccc(NCc2ccco2)nn1)c1ccco1. The summed E-state index contributed by atoms with van der Waals surface area (Å²) in [5, 5.41) is 13.5. The van der Waals surface area contributed by atoms with Crippen molar-refractivity contribution in [3.63, 3.8) is 0 Å². The summed E-state index contributed by atoms with van der Waals surface area (Å²) in [5.41, 5.74) is 0. The van der Waals surface area contributed by atoms with Crippen molar-refractivity contribution in [1.29, 1.82) is 0 Å². The molecule has 0 aromatic carbocycles. The Hall–Kier alpha value is -3.09. The van der Waals surface area contributed by atoms with Gasteiger partial charge in [0, 0.05) is 0 Å². The van der Waals surface area contributed by atoms with Crippen LogP contribution in [-0.4, -0.2) is 16.1 Å². The van der Waals surface area contributed by atoms with Crippen LogP contribution in [0.2, 0.25) is 0 Å². The highest BCUT2D eigenvalue weighted by Crippen LogP contribution is 2.10. The second-order valence-corrected chi connectivity index (χ2v) is 4.17. The summed E-state index contributed by atoms with van der Waals surface area (Å²) in [7, 11) is 0. The van der Waals surface area contributed by atoms with Crippen LogP contribution < -0.4 is 10.6 Å². The van der Waals surface area contributed by atoms with E-state index in [1.54, 1.807) is 30.5 Å². The van der Waals surface area contributed by atoms with E-state index in [0.29, 0.717) is 18.2 Å². The number of carbonyl (C=O) groups is 1. The molecule has 3 aromatic rings. The van der Waals surface area contributed by atoms with E-state index in [4.69, 9.17) is 8.83 Å². The molecule has 1 amide bonds. The maximum atomic E-state index is 11.7. The predicted octanol–water partition coefficient (Wildman–Crippen LogP) is 2.53. The number of hydrogen-bond donors (Lipinski definition) is 2. The largest absolute Gasteiger partial charge is 0.467 e. The first kappa shape index (κ1) is 12.9. The Bertz CT molecular complexity index is 690. The number of rotatable bonds is 5. The second kappa shape index (κ2) is 5.91. The predicted molar refractivity (Wildman–Crippen MR) is 74.7 cm³/mol. The topological polar surface area (TPSA) is 93.2 Å². The Kier molecular flexibility index (Phi) is 3.64. The molecule has 21 heavy (non-hydrogen) atoms. The summed E-state index contributed by atoms with van der Waals surface area (Å²) in [6.45, 7) is 0.514. The van der Waals surface area contributed by atoms with Gasteiger partial charge in [0.1, 0.15) is 11.6 Å². The van der Waals surface area contributed by atoms with Crippen LogP contribution in [0.25, 0.3) is 0 Å². The molecule has 3 aromatic heterocycles. The van der Waals surface area contributed by atoms with Gasteiger partial charge < -0.3 is 19.5 Å². The molecule has 2 N–H and O–H groups in total. The summed E-state index contributed by atoms with van der Waals surface area (Å²) >= 11 is 0. The average molecular weight is 284 g/mol. The van der Waals surface area contributed by atoms with Gasteiger partial charge in [0.25, 0.3) is 5.91 Å². The van der Waals surface area contributed by atoms with Gasteiger partial charge in [-0.25, -0.2) is 0 Å². The molecular formula is C14H12N4O3. The molecule has 3 heterocycles. The number of amides is 1. The van der Waals surface area contributed by atoms with Gasteiger partial charge in [-0.1, -0.05) is 0 Å². The van der Waals surface area contributed by atoms with E-state index < -0.39 is 0 Å². The molecule has 106 valence electrons. The molecule has 0 saturated heterocycles. The summed E-state index contributed by atoms with van der Waals surface area (Å²) in [6.07, 6.45) is 3.04. The first-order valence-corrected chi connectivity index (χ1v) is 6.26. The minimum atomic E-state index is -0.370. The Labute approximate surface area is 120 Å². The van der Waals surface area contributed by atoms with Crippen LogP contribution in [0.15, 0.2) is 57.8 Å². The summed E-state index contributed by atoms with van der Waals surface area (Å²) in [4.78, 5) is 11.7. The monoisotopic (exact) mass is 284 g/mol. The van der Waals surface area contributed by atoms with E-state index in [9.17, 15) is 4.79 Å². The minimum Gasteiger partial charge on any atom is -0.467 e. The lowest BCUT2D eigenvalue weighted by atomic mass is 10.4. The van der Waals surface area contributed by atoms with E-state index in [-0.39, 0.29) is 11.7 Å². The van der Waals surface area contributed by atoms with Crippen molar-refractivity contribution < 1.29 is 13.6 Å². The lowest BCUT2D eigenvalue weighted by Gasteiger charge is -2.04. The molecule has 0 atom stereocenters. The highest BCUT2D eigenvalue weighted by Gasteiger charge is 2.09. The number of aromatic nitrogens is 2. The van der Waals surface area contributed by atoms with Gasteiger partial charge in [0.05, 0.1) is 19.1 Å². The first-order chi connectivity index (χ1) is 10.3. The third kappa shape index (κ3) is 3.27. The quantitative estimate of drug-likeness (QED) is 0.747. The maximum Gasteiger partial charge on any atom is 0.292 e. The third-order valence-corrected chi connectivity index (χ3v) is 2.67. The molecular weight excluding hydrogens is 272 g/mol. The van der Waals surface area contributed by atoms with Crippen LogP contribution in [0, 0.1) is 0 Å². The van der Waals surface area contributed by atoms with Gasteiger partial charge in [0.2, 0.25) is 0 Å². The Balaban J connectivity index is 1.57. The smallest absolute Gasteiger partial charge is 0.292 e. The third-order valence-electron chi connectivity index (χ3n) is 2.67. The Morgan fingerprint density at radius 3 is 2.43 bits per heavy atom. The number of anilines is 2. The number of hydrogen-bond acceptors (Lipinski definition) is 6. The lowest BCUT2D eigenvalue weighted by Crippen LogP contribution is -2.12. The van der Waals surface area contributed by atoms with E-state index in [1.807, 2.05) is 12.1 Å². The molecule has 7 heteroatoms. The normalized spacial score (nSPS) is 10.3. The zero-order valence-corrected chi connectivity index (χ0v) is 10.9.